The monoisotopic (exact) mass is 672 g/mol. The molecule has 0 saturated heterocycles. The molecule has 0 bridgehead atoms. The average Bonchev–Trinajstić information content (AvgIpc) is 3.12. The number of hydrogen-bond donors (Lipinski definition) is 2. The summed E-state index contributed by atoms with van der Waals surface area (Å²) in [5, 5.41) is 0. The molecule has 4 N–H and O–H groups in total. The highest BCUT2D eigenvalue weighted by atomic mass is 16.5. The van der Waals surface area contributed by atoms with Gasteiger partial charge in [-0.15, -0.1) is 0 Å². The van der Waals surface area contributed by atoms with Gasteiger partial charge in [-0.25, -0.2) is 39.5 Å². The number of fused-ring (bicyclic) bond motifs is 2. The van der Waals surface area contributed by atoms with Gasteiger partial charge < -0.3 is 20.9 Å². The smallest absolute Gasteiger partial charge is 0.338 e. The number of aromatic nitrogens is 6. The first-order chi connectivity index (χ1) is 24.3. The van der Waals surface area contributed by atoms with Gasteiger partial charge >= 0.3 is 11.9 Å². The Bertz CT molecular complexity index is 2150. The van der Waals surface area contributed by atoms with E-state index in [1.165, 1.54) is 0 Å². The summed E-state index contributed by atoms with van der Waals surface area (Å²) >= 11 is 0. The zero-order chi connectivity index (χ0) is 35.6. The highest BCUT2D eigenvalue weighted by Gasteiger charge is 2.16. The van der Waals surface area contributed by atoms with Crippen LogP contribution in [0.25, 0.3) is 44.6 Å². The lowest BCUT2D eigenvalue weighted by Gasteiger charge is -2.10. The minimum atomic E-state index is -0.359. The highest BCUT2D eigenvalue weighted by Crippen LogP contribution is 2.27. The number of anilines is 2. The summed E-state index contributed by atoms with van der Waals surface area (Å²) in [5.74, 6) is -0.192. The molecule has 0 fully saturated rings. The second kappa shape index (κ2) is 16.4. The first kappa shape index (κ1) is 35.3. The molecule has 0 aliphatic carbocycles. The minimum absolute atomic E-state index is 0.248. The van der Waals surface area contributed by atoms with Crippen LogP contribution in [-0.2, 0) is 22.3 Å². The van der Waals surface area contributed by atoms with Gasteiger partial charge in [-0.2, -0.15) is 0 Å². The van der Waals surface area contributed by atoms with E-state index in [2.05, 4.69) is 33.8 Å². The lowest BCUT2D eigenvalue weighted by molar-refractivity contribution is 0.0517. The molecule has 6 aromatic rings. The molecule has 12 nitrogen and oxygen atoms in total. The number of nitrogen functional groups attached to an aromatic ring is 2. The van der Waals surface area contributed by atoms with Crippen molar-refractivity contribution < 1.29 is 19.1 Å². The van der Waals surface area contributed by atoms with Crippen LogP contribution < -0.4 is 11.5 Å². The van der Waals surface area contributed by atoms with Crippen molar-refractivity contribution in [2.24, 2.45) is 0 Å². The number of benzene rings is 2. The van der Waals surface area contributed by atoms with E-state index in [0.29, 0.717) is 41.1 Å². The highest BCUT2D eigenvalue weighted by molar-refractivity contribution is 5.97. The third kappa shape index (κ3) is 8.15. The molecular formula is C38H40N8O4. The molecule has 0 amide bonds. The molecule has 0 spiro atoms. The number of carbonyl (C=O) groups is 2. The largest absolute Gasteiger partial charge is 0.462 e. The van der Waals surface area contributed by atoms with E-state index >= 15 is 0 Å². The molecule has 12 heteroatoms. The van der Waals surface area contributed by atoms with Crippen molar-refractivity contribution in [2.75, 3.05) is 24.7 Å². The fraction of sp³-hybridized carbons (Fsp3) is 0.263. The fourth-order valence-electron chi connectivity index (χ4n) is 5.43. The molecule has 4 aromatic heterocycles. The number of hydrogen-bond acceptors (Lipinski definition) is 12. The van der Waals surface area contributed by atoms with E-state index in [9.17, 15) is 9.59 Å². The van der Waals surface area contributed by atoms with E-state index < -0.39 is 0 Å². The van der Waals surface area contributed by atoms with Crippen molar-refractivity contribution >= 4 is 45.9 Å². The fourth-order valence-corrected chi connectivity index (χ4v) is 5.43. The SMILES string of the molecule is CCCc1nc(N)nc2ccc(-c3cccc(C(=O)OCC)c3)nc12.CCCc1nc(N)nc2ccc(-c3ccccc3C(=O)OCC)nc12. The lowest BCUT2D eigenvalue weighted by Crippen LogP contribution is -2.07. The maximum Gasteiger partial charge on any atom is 0.338 e. The molecule has 0 unspecified atom stereocenters. The quantitative estimate of drug-likeness (QED) is 0.145. The van der Waals surface area contributed by atoms with Crippen LogP contribution in [0.1, 0.15) is 72.6 Å². The second-order valence-electron chi connectivity index (χ2n) is 11.3. The summed E-state index contributed by atoms with van der Waals surface area (Å²) < 4.78 is 10.2. The molecule has 2 aromatic carbocycles. The summed E-state index contributed by atoms with van der Waals surface area (Å²) in [4.78, 5) is 50.8. The summed E-state index contributed by atoms with van der Waals surface area (Å²) in [5.41, 5.74) is 20.1. The second-order valence-corrected chi connectivity index (χ2v) is 11.3. The molecule has 256 valence electrons. The molecule has 0 saturated carbocycles. The Kier molecular flexibility index (Phi) is 11.6. The molecule has 50 heavy (non-hydrogen) atoms. The zero-order valence-electron chi connectivity index (χ0n) is 28.6. The first-order valence-corrected chi connectivity index (χ1v) is 16.7. The van der Waals surface area contributed by atoms with Crippen molar-refractivity contribution in [1.29, 1.82) is 0 Å². The van der Waals surface area contributed by atoms with Crippen LogP contribution in [0.3, 0.4) is 0 Å². The topological polar surface area (TPSA) is 182 Å². The van der Waals surface area contributed by atoms with Gasteiger partial charge in [0, 0.05) is 11.1 Å². The van der Waals surface area contributed by atoms with Crippen LogP contribution in [0.15, 0.2) is 72.8 Å². The Morgan fingerprint density at radius 3 is 1.76 bits per heavy atom. The molecule has 0 aliphatic heterocycles. The number of nitrogens with two attached hydrogens (primary N) is 2. The van der Waals surface area contributed by atoms with Crippen LogP contribution in [0, 0.1) is 0 Å². The number of carbonyl (C=O) groups excluding carboxylic acids is 2. The molecule has 0 atom stereocenters. The van der Waals surface area contributed by atoms with Gasteiger partial charge in [0.15, 0.2) is 0 Å². The van der Waals surface area contributed by atoms with Crippen LogP contribution in [0.5, 0.6) is 0 Å². The van der Waals surface area contributed by atoms with Crippen molar-refractivity contribution in [2.45, 2.75) is 53.4 Å². The zero-order valence-corrected chi connectivity index (χ0v) is 28.6. The van der Waals surface area contributed by atoms with Gasteiger partial charge in [0.1, 0.15) is 11.0 Å². The van der Waals surface area contributed by atoms with Crippen molar-refractivity contribution in [3.63, 3.8) is 0 Å². The van der Waals surface area contributed by atoms with Gasteiger partial charge in [-0.1, -0.05) is 57.0 Å². The number of nitrogens with zero attached hydrogens (tertiary/aromatic N) is 6. The van der Waals surface area contributed by atoms with Gasteiger partial charge in [0.2, 0.25) is 11.9 Å². The lowest BCUT2D eigenvalue weighted by atomic mass is 10.0. The molecule has 4 heterocycles. The van der Waals surface area contributed by atoms with Crippen molar-refractivity contribution in [3.8, 4) is 22.5 Å². The maximum atomic E-state index is 12.2. The standard InChI is InChI=1S/2C19H20N4O2/c1-3-7-15-17-16(23-19(20)22-15)11-10-14(21-17)12-8-5-6-9-13(12)18(24)25-4-2;1-3-6-15-17-16(23-19(20)22-15)10-9-14(21-17)12-7-5-8-13(11-12)18(24)25-4-2/h5-6,8-11H,3-4,7H2,1-2H3,(H2,20,22,23);5,7-11H,3-4,6H2,1-2H3,(H2,20,22,23). The minimum Gasteiger partial charge on any atom is -0.462 e. The van der Waals surface area contributed by atoms with Gasteiger partial charge in [-0.05, 0) is 69.2 Å². The van der Waals surface area contributed by atoms with E-state index in [0.717, 1.165) is 64.9 Å². The van der Waals surface area contributed by atoms with Crippen LogP contribution >= 0.6 is 0 Å². The van der Waals surface area contributed by atoms with Crippen molar-refractivity contribution in [3.05, 3.63) is 95.3 Å². The third-order valence-electron chi connectivity index (χ3n) is 7.61. The number of pyridine rings is 2. The molecular weight excluding hydrogens is 632 g/mol. The first-order valence-electron chi connectivity index (χ1n) is 16.7. The van der Waals surface area contributed by atoms with Gasteiger partial charge in [-0.3, -0.25) is 0 Å². The Hall–Kier alpha value is -6.04. The third-order valence-corrected chi connectivity index (χ3v) is 7.61. The van der Waals surface area contributed by atoms with E-state index in [-0.39, 0.29) is 23.8 Å². The molecule has 0 aliphatic rings. The van der Waals surface area contributed by atoms with Crippen molar-refractivity contribution in [1.82, 2.24) is 29.9 Å². The number of esters is 2. The van der Waals surface area contributed by atoms with E-state index in [1.54, 1.807) is 32.0 Å². The average molecular weight is 673 g/mol. The van der Waals surface area contributed by atoms with E-state index in [1.807, 2.05) is 54.6 Å². The number of rotatable bonds is 10. The summed E-state index contributed by atoms with van der Waals surface area (Å²) in [6.07, 6.45) is 3.41. The number of ether oxygens (including phenoxy) is 2. The summed E-state index contributed by atoms with van der Waals surface area (Å²) in [6, 6.07) is 22.0. The summed E-state index contributed by atoms with van der Waals surface area (Å²) in [7, 11) is 0. The number of aryl methyl sites for hydroxylation is 2. The Balaban J connectivity index is 0.000000194. The predicted octanol–water partition coefficient (Wildman–Crippen LogP) is 6.81. The van der Waals surface area contributed by atoms with E-state index in [4.69, 9.17) is 30.9 Å². The molecule has 0 radical (unpaired) electrons. The van der Waals surface area contributed by atoms with Crippen LogP contribution in [-0.4, -0.2) is 55.1 Å². The van der Waals surface area contributed by atoms with Gasteiger partial charge in [0.05, 0.1) is 58.1 Å². The molecule has 6 rings (SSSR count). The summed E-state index contributed by atoms with van der Waals surface area (Å²) in [6.45, 7) is 8.39. The Morgan fingerprint density at radius 1 is 0.600 bits per heavy atom. The Labute approximate surface area is 290 Å². The maximum absolute atomic E-state index is 12.2. The van der Waals surface area contributed by atoms with Crippen LogP contribution in [0.4, 0.5) is 11.9 Å². The predicted molar refractivity (Wildman–Crippen MR) is 194 cm³/mol. The van der Waals surface area contributed by atoms with Gasteiger partial charge in [0.25, 0.3) is 0 Å². The normalized spacial score (nSPS) is 10.8. The Morgan fingerprint density at radius 2 is 1.16 bits per heavy atom. The van der Waals surface area contributed by atoms with Crippen LogP contribution in [0.2, 0.25) is 0 Å².